The normalized spacial score (nSPS) is 19.6. The molecule has 6 heteroatoms. The first-order valence-corrected chi connectivity index (χ1v) is 11.6. The van der Waals surface area contributed by atoms with Crippen molar-refractivity contribution < 1.29 is 14.1 Å². The molecule has 2 aromatic heterocycles. The van der Waals surface area contributed by atoms with E-state index in [4.69, 9.17) is 9.26 Å². The van der Waals surface area contributed by atoms with Crippen molar-refractivity contribution in [1.82, 2.24) is 15.1 Å². The average molecular weight is 410 g/mol. The van der Waals surface area contributed by atoms with Gasteiger partial charge in [0.2, 0.25) is 11.8 Å². The Bertz CT molecular complexity index is 897. The molecule has 2 heterocycles. The molecule has 0 saturated heterocycles. The van der Waals surface area contributed by atoms with Crippen molar-refractivity contribution in [3.8, 4) is 5.88 Å². The molecule has 3 aliphatic carbocycles. The smallest absolute Gasteiger partial charge is 0.223 e. The van der Waals surface area contributed by atoms with E-state index in [-0.39, 0.29) is 11.7 Å². The zero-order valence-corrected chi connectivity index (χ0v) is 17.8. The second-order valence-corrected chi connectivity index (χ2v) is 9.48. The first-order chi connectivity index (χ1) is 14.7. The van der Waals surface area contributed by atoms with Crippen LogP contribution in [0.1, 0.15) is 104 Å². The zero-order valence-electron chi connectivity index (χ0n) is 17.8. The Morgan fingerprint density at radius 3 is 2.60 bits per heavy atom. The highest BCUT2D eigenvalue weighted by Crippen LogP contribution is 2.44. The third-order valence-electron chi connectivity index (χ3n) is 6.52. The lowest BCUT2D eigenvalue weighted by molar-refractivity contribution is 0.0972. The summed E-state index contributed by atoms with van der Waals surface area (Å²) in [7, 11) is 0. The van der Waals surface area contributed by atoms with E-state index < -0.39 is 0 Å². The number of rotatable bonds is 12. The fourth-order valence-corrected chi connectivity index (χ4v) is 4.13. The van der Waals surface area contributed by atoms with Gasteiger partial charge in [-0.25, -0.2) is 4.98 Å². The highest BCUT2D eigenvalue weighted by molar-refractivity contribution is 5.94. The van der Waals surface area contributed by atoms with E-state index >= 15 is 0 Å². The molecule has 1 unspecified atom stereocenters. The van der Waals surface area contributed by atoms with Gasteiger partial charge in [0.05, 0.1) is 6.61 Å². The van der Waals surface area contributed by atoms with Crippen LogP contribution in [0.25, 0.3) is 0 Å². The summed E-state index contributed by atoms with van der Waals surface area (Å²) < 4.78 is 11.2. The highest BCUT2D eigenvalue weighted by atomic mass is 16.5. The minimum Gasteiger partial charge on any atom is -0.477 e. The monoisotopic (exact) mass is 409 g/mol. The summed E-state index contributed by atoms with van der Waals surface area (Å²) in [6.45, 7) is 2.56. The predicted octanol–water partition coefficient (Wildman–Crippen LogP) is 5.38. The summed E-state index contributed by atoms with van der Waals surface area (Å²) in [5.41, 5.74) is 1.73. The molecule has 0 bridgehead atoms. The van der Waals surface area contributed by atoms with Crippen LogP contribution in [0, 0.1) is 18.8 Å². The number of aryl methyl sites for hydroxylation is 1. The molecule has 3 saturated carbocycles. The van der Waals surface area contributed by atoms with Gasteiger partial charge in [-0.2, -0.15) is 4.98 Å². The molecule has 0 amide bonds. The van der Waals surface area contributed by atoms with E-state index in [0.29, 0.717) is 35.7 Å². The van der Waals surface area contributed by atoms with E-state index in [1.165, 1.54) is 44.1 Å². The summed E-state index contributed by atoms with van der Waals surface area (Å²) in [6.07, 6.45) is 10.8. The van der Waals surface area contributed by atoms with Gasteiger partial charge >= 0.3 is 0 Å². The third kappa shape index (κ3) is 5.08. The predicted molar refractivity (Wildman–Crippen MR) is 112 cm³/mol. The Labute approximate surface area is 177 Å². The molecule has 3 fully saturated rings. The van der Waals surface area contributed by atoms with Crippen LogP contribution >= 0.6 is 0 Å². The highest BCUT2D eigenvalue weighted by Gasteiger charge is 2.31. The lowest BCUT2D eigenvalue weighted by Gasteiger charge is -2.13. The van der Waals surface area contributed by atoms with E-state index in [1.54, 1.807) is 0 Å². The minimum atomic E-state index is 0.100. The van der Waals surface area contributed by atoms with Crippen LogP contribution in [0.3, 0.4) is 0 Å². The average Bonchev–Trinajstić information content (AvgIpc) is 3.59. The molecule has 0 radical (unpaired) electrons. The van der Waals surface area contributed by atoms with Crippen molar-refractivity contribution in [3.63, 3.8) is 0 Å². The maximum Gasteiger partial charge on any atom is 0.223 e. The van der Waals surface area contributed by atoms with E-state index in [9.17, 15) is 4.79 Å². The Morgan fingerprint density at radius 2 is 1.93 bits per heavy atom. The summed E-state index contributed by atoms with van der Waals surface area (Å²) in [4.78, 5) is 21.9. The molecule has 5 rings (SSSR count). The van der Waals surface area contributed by atoms with Crippen molar-refractivity contribution in [1.29, 1.82) is 0 Å². The van der Waals surface area contributed by atoms with Crippen LogP contribution < -0.4 is 4.74 Å². The summed E-state index contributed by atoms with van der Waals surface area (Å²) in [6, 6.07) is 3.96. The fraction of sp³-hybridized carbons (Fsp3) is 0.667. The topological polar surface area (TPSA) is 78.1 Å². The number of hydrogen-bond donors (Lipinski definition) is 0. The van der Waals surface area contributed by atoms with Crippen LogP contribution in [0.2, 0.25) is 0 Å². The van der Waals surface area contributed by atoms with Gasteiger partial charge in [-0.3, -0.25) is 4.79 Å². The number of aromatic nitrogens is 3. The van der Waals surface area contributed by atoms with E-state index in [1.807, 2.05) is 13.0 Å². The summed E-state index contributed by atoms with van der Waals surface area (Å²) >= 11 is 0. The number of carbonyl (C=O) groups excluding carboxylic acids is 1. The number of carbonyl (C=O) groups is 1. The van der Waals surface area contributed by atoms with Gasteiger partial charge in [0.1, 0.15) is 5.69 Å². The molecule has 1 atom stereocenters. The van der Waals surface area contributed by atoms with Gasteiger partial charge in [0.25, 0.3) is 0 Å². The Morgan fingerprint density at radius 1 is 1.13 bits per heavy atom. The lowest BCUT2D eigenvalue weighted by atomic mass is 9.94. The third-order valence-corrected chi connectivity index (χ3v) is 6.52. The van der Waals surface area contributed by atoms with Crippen LogP contribution in [0.15, 0.2) is 16.7 Å². The van der Waals surface area contributed by atoms with Crippen LogP contribution in [-0.4, -0.2) is 27.5 Å². The Balaban J connectivity index is 1.19. The second-order valence-electron chi connectivity index (χ2n) is 9.48. The molecule has 6 nitrogen and oxygen atoms in total. The van der Waals surface area contributed by atoms with Crippen molar-refractivity contribution >= 4 is 5.78 Å². The molecule has 160 valence electrons. The van der Waals surface area contributed by atoms with Crippen molar-refractivity contribution in [2.45, 2.75) is 83.0 Å². The van der Waals surface area contributed by atoms with Crippen LogP contribution in [0.5, 0.6) is 5.88 Å². The fourth-order valence-electron chi connectivity index (χ4n) is 4.13. The van der Waals surface area contributed by atoms with Gasteiger partial charge in [0, 0.05) is 24.8 Å². The maximum absolute atomic E-state index is 12.8. The number of Topliss-reactive ketones (excluding diaryl/α,β-unsaturated/α-hetero) is 1. The lowest BCUT2D eigenvalue weighted by Crippen LogP contribution is -2.09. The van der Waals surface area contributed by atoms with Gasteiger partial charge in [-0.05, 0) is 68.8 Å². The van der Waals surface area contributed by atoms with Crippen molar-refractivity contribution in [3.05, 3.63) is 35.1 Å². The van der Waals surface area contributed by atoms with Gasteiger partial charge < -0.3 is 9.26 Å². The van der Waals surface area contributed by atoms with Gasteiger partial charge in [0.15, 0.2) is 11.6 Å². The van der Waals surface area contributed by atoms with Crippen molar-refractivity contribution in [2.24, 2.45) is 11.8 Å². The van der Waals surface area contributed by atoms with Gasteiger partial charge in [-0.1, -0.05) is 24.1 Å². The molecule has 30 heavy (non-hydrogen) atoms. The maximum atomic E-state index is 12.8. The van der Waals surface area contributed by atoms with Crippen LogP contribution in [-0.2, 0) is 0 Å². The quantitative estimate of drug-likeness (QED) is 0.438. The summed E-state index contributed by atoms with van der Waals surface area (Å²) in [5, 5.41) is 4.14. The van der Waals surface area contributed by atoms with Crippen LogP contribution in [0.4, 0.5) is 0 Å². The number of nitrogens with zero attached hydrogens (tertiary/aromatic N) is 3. The molecule has 0 aliphatic heterocycles. The molecule has 0 spiro atoms. The molecule has 3 aliphatic rings. The molecule has 0 aromatic carbocycles. The number of ketones is 1. The van der Waals surface area contributed by atoms with E-state index in [0.717, 1.165) is 37.6 Å². The number of ether oxygens (including phenoxy) is 1. The first-order valence-electron chi connectivity index (χ1n) is 11.6. The zero-order chi connectivity index (χ0) is 20.5. The van der Waals surface area contributed by atoms with E-state index in [2.05, 4.69) is 21.2 Å². The minimum absolute atomic E-state index is 0.100. The largest absolute Gasteiger partial charge is 0.477 e. The molecular weight excluding hydrogens is 378 g/mol. The number of pyridine rings is 1. The second kappa shape index (κ2) is 8.48. The standard InChI is InChI=1S/C24H31N3O3/c1-15-25-23(27-30-15)19(13-16-5-6-16)3-2-4-22(28)21-12-11-20(18-9-10-18)24(26-21)29-14-17-7-8-17/h11-12,16-19H,2-10,13-14H2,1H3. The van der Waals surface area contributed by atoms with Crippen molar-refractivity contribution in [2.75, 3.05) is 6.61 Å². The first kappa shape index (κ1) is 19.7. The summed E-state index contributed by atoms with van der Waals surface area (Å²) in [5.74, 6) is 4.52. The number of hydrogen-bond acceptors (Lipinski definition) is 6. The SMILES string of the molecule is Cc1nc(C(CCCC(=O)c2ccc(C3CC3)c(OCC3CC3)n2)CC2CC2)no1. The molecular formula is C24H31N3O3. The Hall–Kier alpha value is -2.24. The molecule has 2 aromatic rings. The molecule has 0 N–H and O–H groups in total. The van der Waals surface area contributed by atoms with Gasteiger partial charge in [-0.15, -0.1) is 0 Å². The Kier molecular flexibility index (Phi) is 5.57.